The number of carbonyl (C=O) groups excluding carboxylic acids is 1. The number of ether oxygens (including phenoxy) is 1. The van der Waals surface area contributed by atoms with E-state index in [0.717, 1.165) is 4.47 Å². The largest absolute Gasteiger partial charge is 0.444 e. The first-order valence-corrected chi connectivity index (χ1v) is 9.67. The second-order valence-corrected chi connectivity index (χ2v) is 8.68. The van der Waals surface area contributed by atoms with Crippen molar-refractivity contribution >= 4 is 44.7 Å². The summed E-state index contributed by atoms with van der Waals surface area (Å²) in [6.45, 7) is 6.63. The molecule has 140 valence electrons. The zero-order chi connectivity index (χ0) is 19.1. The minimum atomic E-state index is -0.518. The van der Waals surface area contributed by atoms with Crippen LogP contribution in [0.15, 0.2) is 27.6 Å². The van der Waals surface area contributed by atoms with Gasteiger partial charge in [-0.1, -0.05) is 11.6 Å². The molecule has 0 N–H and O–H groups in total. The Bertz CT molecular complexity index is 899. The van der Waals surface area contributed by atoms with Crippen LogP contribution in [0, 0.1) is 0 Å². The number of nitrogens with zero attached hydrogens (tertiary/aromatic N) is 3. The highest BCUT2D eigenvalue weighted by molar-refractivity contribution is 9.10. The third-order valence-electron chi connectivity index (χ3n) is 4.31. The molecule has 26 heavy (non-hydrogen) atoms. The van der Waals surface area contributed by atoms with E-state index in [0.29, 0.717) is 42.0 Å². The maximum atomic E-state index is 12.5. The zero-order valence-corrected chi connectivity index (χ0v) is 17.3. The summed E-state index contributed by atoms with van der Waals surface area (Å²) in [5, 5.41) is 0.532. The SMILES string of the molecule is CC(C)(C)OC(=O)N1CCC(n2c(=O)cnc3cc(Br)c(Cl)cc32)CC1. The van der Waals surface area contributed by atoms with Crippen molar-refractivity contribution in [3.8, 4) is 0 Å². The van der Waals surface area contributed by atoms with E-state index in [2.05, 4.69) is 20.9 Å². The molecule has 8 heteroatoms. The third-order valence-corrected chi connectivity index (χ3v) is 5.51. The summed E-state index contributed by atoms with van der Waals surface area (Å²) >= 11 is 9.60. The van der Waals surface area contributed by atoms with E-state index >= 15 is 0 Å². The minimum Gasteiger partial charge on any atom is -0.444 e. The Balaban J connectivity index is 1.84. The van der Waals surface area contributed by atoms with Gasteiger partial charge in [-0.3, -0.25) is 4.79 Å². The van der Waals surface area contributed by atoms with Crippen molar-refractivity contribution in [3.63, 3.8) is 0 Å². The summed E-state index contributed by atoms with van der Waals surface area (Å²) in [6.07, 6.45) is 2.37. The molecular formula is C18H21BrClN3O3. The number of likely N-dealkylation sites (tertiary alicyclic amines) is 1. The smallest absolute Gasteiger partial charge is 0.410 e. The summed E-state index contributed by atoms with van der Waals surface area (Å²) in [5.74, 6) is 0. The fourth-order valence-electron chi connectivity index (χ4n) is 3.14. The van der Waals surface area contributed by atoms with Crippen molar-refractivity contribution < 1.29 is 9.53 Å². The lowest BCUT2D eigenvalue weighted by atomic mass is 10.0. The number of aromatic nitrogens is 2. The van der Waals surface area contributed by atoms with Crippen molar-refractivity contribution in [2.45, 2.75) is 45.3 Å². The predicted molar refractivity (Wildman–Crippen MR) is 105 cm³/mol. The average molecular weight is 443 g/mol. The van der Waals surface area contributed by atoms with E-state index < -0.39 is 5.60 Å². The van der Waals surface area contributed by atoms with Crippen LogP contribution in [-0.2, 0) is 4.74 Å². The molecule has 3 rings (SSSR count). The van der Waals surface area contributed by atoms with Crippen molar-refractivity contribution in [2.24, 2.45) is 0 Å². The molecule has 0 bridgehead atoms. The van der Waals surface area contributed by atoms with Gasteiger partial charge < -0.3 is 14.2 Å². The molecule has 0 spiro atoms. The third kappa shape index (κ3) is 4.04. The van der Waals surface area contributed by atoms with Gasteiger partial charge in [-0.15, -0.1) is 0 Å². The first kappa shape index (κ1) is 19.2. The Labute approximate surface area is 165 Å². The molecule has 0 radical (unpaired) electrons. The molecule has 1 aliphatic heterocycles. The lowest BCUT2D eigenvalue weighted by molar-refractivity contribution is 0.0189. The number of hydrogen-bond donors (Lipinski definition) is 0. The predicted octanol–water partition coefficient (Wildman–Crippen LogP) is 4.38. The Kier molecular flexibility index (Phi) is 5.30. The summed E-state index contributed by atoms with van der Waals surface area (Å²) in [4.78, 5) is 30.6. The van der Waals surface area contributed by atoms with Crippen molar-refractivity contribution in [1.29, 1.82) is 0 Å². The summed E-state index contributed by atoms with van der Waals surface area (Å²) in [7, 11) is 0. The van der Waals surface area contributed by atoms with E-state index in [1.165, 1.54) is 6.20 Å². The van der Waals surface area contributed by atoms with Gasteiger partial charge in [0.25, 0.3) is 5.56 Å². The Morgan fingerprint density at radius 2 is 1.96 bits per heavy atom. The van der Waals surface area contributed by atoms with Gasteiger partial charge in [0.1, 0.15) is 5.60 Å². The number of rotatable bonds is 1. The van der Waals surface area contributed by atoms with Gasteiger partial charge in [-0.25, -0.2) is 9.78 Å². The molecule has 1 aromatic heterocycles. The number of halogens is 2. The first-order valence-electron chi connectivity index (χ1n) is 8.50. The van der Waals surface area contributed by atoms with Crippen LogP contribution < -0.4 is 5.56 Å². The molecule has 1 aromatic carbocycles. The van der Waals surface area contributed by atoms with Crippen LogP contribution in [0.1, 0.15) is 39.7 Å². The Hall–Kier alpha value is -1.60. The quantitative estimate of drug-likeness (QED) is 0.657. The van der Waals surface area contributed by atoms with Crippen LogP contribution in [0.4, 0.5) is 4.79 Å². The number of benzene rings is 1. The fraction of sp³-hybridized carbons (Fsp3) is 0.500. The first-order chi connectivity index (χ1) is 12.2. The van der Waals surface area contributed by atoms with Crippen LogP contribution >= 0.6 is 27.5 Å². The topological polar surface area (TPSA) is 64.4 Å². The standard InChI is InChI=1S/C18H21BrClN3O3/c1-18(2,3)26-17(25)22-6-4-11(5-7-22)23-15-9-13(20)12(19)8-14(15)21-10-16(23)24/h8-11H,4-7H2,1-3H3. The molecular weight excluding hydrogens is 422 g/mol. The molecule has 2 aromatic rings. The van der Waals surface area contributed by atoms with Crippen molar-refractivity contribution in [3.05, 3.63) is 38.2 Å². The van der Waals surface area contributed by atoms with Gasteiger partial charge in [0.05, 0.1) is 22.3 Å². The van der Waals surface area contributed by atoms with E-state index in [9.17, 15) is 9.59 Å². The molecule has 0 unspecified atom stereocenters. The fourth-order valence-corrected chi connectivity index (χ4v) is 3.63. The molecule has 1 saturated heterocycles. The highest BCUT2D eigenvalue weighted by Gasteiger charge is 2.28. The van der Waals surface area contributed by atoms with Gasteiger partial charge in [0.2, 0.25) is 0 Å². The second-order valence-electron chi connectivity index (χ2n) is 7.42. The van der Waals surface area contributed by atoms with Gasteiger partial charge in [0, 0.05) is 23.6 Å². The highest BCUT2D eigenvalue weighted by Crippen LogP contribution is 2.30. The van der Waals surface area contributed by atoms with Crippen LogP contribution in [0.3, 0.4) is 0 Å². The molecule has 1 fully saturated rings. The maximum Gasteiger partial charge on any atom is 0.410 e. The van der Waals surface area contributed by atoms with Crippen molar-refractivity contribution in [1.82, 2.24) is 14.5 Å². The van der Waals surface area contributed by atoms with Gasteiger partial charge >= 0.3 is 6.09 Å². The second kappa shape index (κ2) is 7.19. The molecule has 0 aliphatic carbocycles. The number of carbonyl (C=O) groups is 1. The van der Waals surface area contributed by atoms with E-state index in [4.69, 9.17) is 16.3 Å². The van der Waals surface area contributed by atoms with Crippen molar-refractivity contribution in [2.75, 3.05) is 13.1 Å². The molecule has 1 amide bonds. The minimum absolute atomic E-state index is 0.0103. The monoisotopic (exact) mass is 441 g/mol. The van der Waals surface area contributed by atoms with Gasteiger partial charge in [-0.05, 0) is 61.7 Å². The van der Waals surface area contributed by atoms with Crippen LogP contribution in [0.2, 0.25) is 5.02 Å². The van der Waals surface area contributed by atoms with Crippen LogP contribution in [0.25, 0.3) is 11.0 Å². The van der Waals surface area contributed by atoms with Crippen LogP contribution in [0.5, 0.6) is 0 Å². The number of amides is 1. The highest BCUT2D eigenvalue weighted by atomic mass is 79.9. The van der Waals surface area contributed by atoms with Gasteiger partial charge in [-0.2, -0.15) is 0 Å². The van der Waals surface area contributed by atoms with E-state index in [-0.39, 0.29) is 17.7 Å². The van der Waals surface area contributed by atoms with Gasteiger partial charge in [0.15, 0.2) is 0 Å². The molecule has 0 saturated carbocycles. The van der Waals surface area contributed by atoms with E-state index in [1.807, 2.05) is 26.8 Å². The Morgan fingerprint density at radius 1 is 1.31 bits per heavy atom. The maximum absolute atomic E-state index is 12.5. The lowest BCUT2D eigenvalue weighted by Crippen LogP contribution is -2.43. The number of hydrogen-bond acceptors (Lipinski definition) is 4. The number of fused-ring (bicyclic) bond motifs is 1. The molecule has 2 heterocycles. The Morgan fingerprint density at radius 3 is 2.58 bits per heavy atom. The van der Waals surface area contributed by atoms with Crippen LogP contribution in [-0.4, -0.2) is 39.2 Å². The normalized spacial score (nSPS) is 16.1. The zero-order valence-electron chi connectivity index (χ0n) is 15.0. The molecule has 6 nitrogen and oxygen atoms in total. The molecule has 1 aliphatic rings. The summed E-state index contributed by atoms with van der Waals surface area (Å²) in [5.41, 5.74) is 0.736. The van der Waals surface area contributed by atoms with E-state index in [1.54, 1.807) is 15.5 Å². The summed E-state index contributed by atoms with van der Waals surface area (Å²) in [6, 6.07) is 3.56. The molecule has 0 atom stereocenters. The number of piperidine rings is 1. The lowest BCUT2D eigenvalue weighted by Gasteiger charge is -2.34. The average Bonchev–Trinajstić information content (AvgIpc) is 2.55. The summed E-state index contributed by atoms with van der Waals surface area (Å²) < 4.78 is 7.91.